The second-order valence-electron chi connectivity index (χ2n) is 5.69. The molecule has 1 aromatic carbocycles. The molecular weight excluding hydrogens is 260 g/mol. The van der Waals surface area contributed by atoms with Crippen LogP contribution in [-0.2, 0) is 13.0 Å². The Hall–Kier alpha value is -1.81. The number of anilines is 1. The van der Waals surface area contributed by atoms with E-state index in [-0.39, 0.29) is 0 Å². The lowest BCUT2D eigenvalue weighted by Crippen LogP contribution is -2.39. The quantitative estimate of drug-likeness (QED) is 0.935. The van der Waals surface area contributed by atoms with E-state index in [4.69, 9.17) is 0 Å². The molecule has 2 heterocycles. The SMILES string of the molecule is CCn1cc(N2CCCNC(Cc3ccccc3)C2)cn1. The lowest BCUT2D eigenvalue weighted by atomic mass is 10.1. The lowest BCUT2D eigenvalue weighted by Gasteiger charge is -2.25. The molecule has 2 aromatic rings. The maximum Gasteiger partial charge on any atom is 0.0753 e. The standard InChI is InChI=1S/C17H24N4/c1-2-21-14-17(12-19-21)20-10-6-9-18-16(13-20)11-15-7-4-3-5-8-15/h3-5,7-8,12,14,16,18H,2,6,9-11,13H2,1H3. The Bertz CT molecular complexity index is 549. The van der Waals surface area contributed by atoms with Crippen molar-refractivity contribution in [3.05, 3.63) is 48.3 Å². The summed E-state index contributed by atoms with van der Waals surface area (Å²) in [4.78, 5) is 2.47. The fourth-order valence-electron chi connectivity index (χ4n) is 2.96. The number of hydrogen-bond donors (Lipinski definition) is 1. The van der Waals surface area contributed by atoms with Gasteiger partial charge in [-0.15, -0.1) is 0 Å². The fourth-order valence-corrected chi connectivity index (χ4v) is 2.96. The van der Waals surface area contributed by atoms with Gasteiger partial charge < -0.3 is 10.2 Å². The predicted octanol–water partition coefficient (Wildman–Crippen LogP) is 2.31. The topological polar surface area (TPSA) is 33.1 Å². The molecule has 0 saturated carbocycles. The summed E-state index contributed by atoms with van der Waals surface area (Å²) in [6.07, 6.45) is 6.42. The van der Waals surface area contributed by atoms with Gasteiger partial charge in [0.05, 0.1) is 11.9 Å². The highest BCUT2D eigenvalue weighted by atomic mass is 15.3. The van der Waals surface area contributed by atoms with Gasteiger partial charge in [0.25, 0.3) is 0 Å². The van der Waals surface area contributed by atoms with Crippen LogP contribution in [0, 0.1) is 0 Å². The van der Waals surface area contributed by atoms with Crippen molar-refractivity contribution in [1.82, 2.24) is 15.1 Å². The van der Waals surface area contributed by atoms with Crippen LogP contribution < -0.4 is 10.2 Å². The van der Waals surface area contributed by atoms with Crippen molar-refractivity contribution in [2.24, 2.45) is 0 Å². The van der Waals surface area contributed by atoms with Crippen molar-refractivity contribution < 1.29 is 0 Å². The van der Waals surface area contributed by atoms with Gasteiger partial charge in [0.1, 0.15) is 0 Å². The fraction of sp³-hybridized carbons (Fsp3) is 0.471. The minimum absolute atomic E-state index is 0.500. The monoisotopic (exact) mass is 284 g/mol. The summed E-state index contributed by atoms with van der Waals surface area (Å²) in [6, 6.07) is 11.2. The summed E-state index contributed by atoms with van der Waals surface area (Å²) < 4.78 is 2.00. The molecule has 1 aromatic heterocycles. The molecule has 21 heavy (non-hydrogen) atoms. The molecule has 0 radical (unpaired) electrons. The molecule has 4 heteroatoms. The van der Waals surface area contributed by atoms with Crippen molar-refractivity contribution in [3.8, 4) is 0 Å². The number of nitrogens with zero attached hydrogens (tertiary/aromatic N) is 3. The zero-order valence-electron chi connectivity index (χ0n) is 12.7. The first-order chi connectivity index (χ1) is 10.3. The molecule has 1 saturated heterocycles. The van der Waals surface area contributed by atoms with E-state index in [0.29, 0.717) is 6.04 Å². The van der Waals surface area contributed by atoms with Crippen molar-refractivity contribution in [2.45, 2.75) is 32.4 Å². The van der Waals surface area contributed by atoms with Crippen LogP contribution in [0.4, 0.5) is 5.69 Å². The zero-order valence-corrected chi connectivity index (χ0v) is 12.7. The van der Waals surface area contributed by atoms with E-state index in [0.717, 1.165) is 32.6 Å². The van der Waals surface area contributed by atoms with Crippen molar-refractivity contribution in [3.63, 3.8) is 0 Å². The van der Waals surface area contributed by atoms with Crippen molar-refractivity contribution >= 4 is 5.69 Å². The molecule has 112 valence electrons. The van der Waals surface area contributed by atoms with Gasteiger partial charge in [0.15, 0.2) is 0 Å². The minimum Gasteiger partial charge on any atom is -0.367 e. The number of benzene rings is 1. The molecule has 1 atom stereocenters. The number of nitrogens with one attached hydrogen (secondary N) is 1. The second-order valence-corrected chi connectivity index (χ2v) is 5.69. The van der Waals surface area contributed by atoms with E-state index < -0.39 is 0 Å². The van der Waals surface area contributed by atoms with E-state index in [1.54, 1.807) is 0 Å². The van der Waals surface area contributed by atoms with E-state index in [9.17, 15) is 0 Å². The first-order valence-corrected chi connectivity index (χ1v) is 7.90. The van der Waals surface area contributed by atoms with E-state index in [1.807, 2.05) is 10.9 Å². The molecule has 1 fully saturated rings. The van der Waals surface area contributed by atoms with Gasteiger partial charge >= 0.3 is 0 Å². The first-order valence-electron chi connectivity index (χ1n) is 7.90. The van der Waals surface area contributed by atoms with Gasteiger partial charge in [0.2, 0.25) is 0 Å². The predicted molar refractivity (Wildman–Crippen MR) is 86.7 cm³/mol. The Balaban J connectivity index is 1.68. The Morgan fingerprint density at radius 3 is 2.90 bits per heavy atom. The molecule has 0 bridgehead atoms. The van der Waals surface area contributed by atoms with Crippen molar-refractivity contribution in [1.29, 1.82) is 0 Å². The third-order valence-corrected chi connectivity index (χ3v) is 4.11. The number of aryl methyl sites for hydroxylation is 1. The van der Waals surface area contributed by atoms with Gasteiger partial charge in [-0.3, -0.25) is 4.68 Å². The Kier molecular flexibility index (Phi) is 4.55. The number of rotatable bonds is 4. The minimum atomic E-state index is 0.500. The maximum atomic E-state index is 4.40. The lowest BCUT2D eigenvalue weighted by molar-refractivity contribution is 0.540. The Labute approximate surface area is 126 Å². The molecule has 0 aliphatic carbocycles. The molecule has 0 amide bonds. The van der Waals surface area contributed by atoms with E-state index in [1.165, 1.54) is 17.7 Å². The average molecular weight is 284 g/mol. The summed E-state index contributed by atoms with van der Waals surface area (Å²) in [5, 5.41) is 8.09. The van der Waals surface area contributed by atoms with Crippen LogP contribution in [0.5, 0.6) is 0 Å². The highest BCUT2D eigenvalue weighted by molar-refractivity contribution is 5.42. The third kappa shape index (κ3) is 3.64. The van der Waals surface area contributed by atoms with Crippen LogP contribution in [0.2, 0.25) is 0 Å². The van der Waals surface area contributed by atoms with Crippen LogP contribution in [-0.4, -0.2) is 35.5 Å². The largest absolute Gasteiger partial charge is 0.367 e. The first kappa shape index (κ1) is 14.1. The second kappa shape index (κ2) is 6.76. The summed E-state index contributed by atoms with van der Waals surface area (Å²) in [6.45, 7) is 6.30. The normalized spacial score (nSPS) is 19.5. The van der Waals surface area contributed by atoms with E-state index >= 15 is 0 Å². The highest BCUT2D eigenvalue weighted by Gasteiger charge is 2.19. The highest BCUT2D eigenvalue weighted by Crippen LogP contribution is 2.16. The molecule has 1 aliphatic heterocycles. The van der Waals surface area contributed by atoms with Gasteiger partial charge in [-0.2, -0.15) is 5.10 Å². The third-order valence-electron chi connectivity index (χ3n) is 4.11. The molecule has 3 rings (SSSR count). The van der Waals surface area contributed by atoms with E-state index in [2.05, 4.69) is 58.8 Å². The van der Waals surface area contributed by atoms with Gasteiger partial charge in [-0.05, 0) is 31.9 Å². The van der Waals surface area contributed by atoms with Crippen LogP contribution >= 0.6 is 0 Å². The molecule has 0 spiro atoms. The number of hydrogen-bond acceptors (Lipinski definition) is 3. The van der Waals surface area contributed by atoms with Gasteiger partial charge in [-0.1, -0.05) is 30.3 Å². The summed E-state index contributed by atoms with van der Waals surface area (Å²) in [5.74, 6) is 0. The summed E-state index contributed by atoms with van der Waals surface area (Å²) in [5.41, 5.74) is 2.65. The summed E-state index contributed by atoms with van der Waals surface area (Å²) >= 11 is 0. The zero-order chi connectivity index (χ0) is 14.5. The van der Waals surface area contributed by atoms with Crippen LogP contribution in [0.1, 0.15) is 18.9 Å². The van der Waals surface area contributed by atoms with Crippen LogP contribution in [0.25, 0.3) is 0 Å². The maximum absolute atomic E-state index is 4.40. The van der Waals surface area contributed by atoms with Crippen LogP contribution in [0.3, 0.4) is 0 Å². The Morgan fingerprint density at radius 2 is 2.14 bits per heavy atom. The molecule has 4 nitrogen and oxygen atoms in total. The van der Waals surface area contributed by atoms with Crippen molar-refractivity contribution in [2.75, 3.05) is 24.5 Å². The Morgan fingerprint density at radius 1 is 1.29 bits per heavy atom. The van der Waals surface area contributed by atoms with Gasteiger partial charge in [0, 0.05) is 31.9 Å². The average Bonchev–Trinajstić information content (AvgIpc) is 2.89. The molecule has 1 unspecified atom stereocenters. The van der Waals surface area contributed by atoms with Gasteiger partial charge in [-0.25, -0.2) is 0 Å². The van der Waals surface area contributed by atoms with Crippen LogP contribution in [0.15, 0.2) is 42.7 Å². The molecular formula is C17H24N4. The number of aromatic nitrogens is 2. The summed E-state index contributed by atoms with van der Waals surface area (Å²) in [7, 11) is 0. The molecule has 1 N–H and O–H groups in total. The molecule has 1 aliphatic rings. The smallest absolute Gasteiger partial charge is 0.0753 e.